The lowest BCUT2D eigenvalue weighted by atomic mass is 9.84. The molecule has 26 heavy (non-hydrogen) atoms. The Morgan fingerprint density at radius 1 is 1.31 bits per heavy atom. The number of aliphatic imine (C=N–C) groups is 1. The Hall–Kier alpha value is -1.75. The summed E-state index contributed by atoms with van der Waals surface area (Å²) in [6.07, 6.45) is 1.61. The van der Waals surface area contributed by atoms with Gasteiger partial charge < -0.3 is 15.0 Å². The van der Waals surface area contributed by atoms with Gasteiger partial charge in [-0.1, -0.05) is 37.6 Å². The van der Waals surface area contributed by atoms with E-state index < -0.39 is 0 Å². The highest BCUT2D eigenvalue weighted by Crippen LogP contribution is 2.24. The fraction of sp³-hybridized carbons (Fsp3) is 0.600. The van der Waals surface area contributed by atoms with E-state index in [1.807, 2.05) is 19.1 Å². The highest BCUT2D eigenvalue weighted by Gasteiger charge is 2.28. The molecule has 1 heterocycles. The Morgan fingerprint density at radius 3 is 2.46 bits per heavy atom. The molecular weight excluding hydrogens is 350 g/mol. The zero-order valence-corrected chi connectivity index (χ0v) is 17.0. The molecule has 1 saturated heterocycles. The largest absolute Gasteiger partial charge is 0.466 e. The molecule has 1 fully saturated rings. The van der Waals surface area contributed by atoms with E-state index in [1.165, 1.54) is 5.56 Å². The van der Waals surface area contributed by atoms with Crippen LogP contribution in [-0.2, 0) is 14.9 Å². The van der Waals surface area contributed by atoms with E-state index >= 15 is 0 Å². The van der Waals surface area contributed by atoms with E-state index in [2.05, 4.69) is 41.2 Å². The smallest absolute Gasteiger partial charge is 0.309 e. The number of hydrogen-bond donors (Lipinski definition) is 1. The Kier molecular flexibility index (Phi) is 7.33. The number of ether oxygens (including phenoxy) is 1. The summed E-state index contributed by atoms with van der Waals surface area (Å²) in [5.74, 6) is 0.822. The number of nitrogens with one attached hydrogen (secondary N) is 1. The lowest BCUT2D eigenvalue weighted by Crippen LogP contribution is -2.49. The van der Waals surface area contributed by atoms with Gasteiger partial charge in [-0.15, -0.1) is 0 Å². The van der Waals surface area contributed by atoms with Crippen LogP contribution in [-0.4, -0.2) is 50.1 Å². The fourth-order valence-electron chi connectivity index (χ4n) is 3.22. The van der Waals surface area contributed by atoms with Gasteiger partial charge in [0.2, 0.25) is 0 Å². The Labute approximate surface area is 161 Å². The number of esters is 1. The minimum absolute atomic E-state index is 0.00909. The summed E-state index contributed by atoms with van der Waals surface area (Å²) in [5, 5.41) is 4.24. The SMILES string of the molecule is CCOC(=O)C1CCN(C(=NC)NCC(C)(C)c2ccc(Cl)cc2)CC1. The molecule has 0 amide bonds. The van der Waals surface area contributed by atoms with Crippen molar-refractivity contribution in [3.05, 3.63) is 34.9 Å². The number of rotatable bonds is 5. The molecule has 2 rings (SSSR count). The Morgan fingerprint density at radius 2 is 1.92 bits per heavy atom. The maximum atomic E-state index is 11.9. The molecule has 6 heteroatoms. The molecule has 0 aromatic heterocycles. The van der Waals surface area contributed by atoms with E-state index in [4.69, 9.17) is 16.3 Å². The average molecular weight is 380 g/mol. The van der Waals surface area contributed by atoms with Gasteiger partial charge in [0.25, 0.3) is 0 Å². The molecule has 0 bridgehead atoms. The monoisotopic (exact) mass is 379 g/mol. The van der Waals surface area contributed by atoms with Crippen LogP contribution in [0, 0.1) is 5.92 Å². The standard InChI is InChI=1S/C20H30ClN3O2/c1-5-26-18(25)15-10-12-24(13-11-15)19(22-4)23-14-20(2,3)16-6-8-17(21)9-7-16/h6-9,15H,5,10-14H2,1-4H3,(H,22,23). The van der Waals surface area contributed by atoms with E-state index in [1.54, 1.807) is 7.05 Å². The second kappa shape index (κ2) is 9.26. The number of halogens is 1. The number of likely N-dealkylation sites (tertiary alicyclic amines) is 1. The molecule has 1 aliphatic rings. The molecule has 5 nitrogen and oxygen atoms in total. The van der Waals surface area contributed by atoms with Gasteiger partial charge in [-0.2, -0.15) is 0 Å². The summed E-state index contributed by atoms with van der Waals surface area (Å²) in [4.78, 5) is 18.5. The lowest BCUT2D eigenvalue weighted by Gasteiger charge is -2.35. The van der Waals surface area contributed by atoms with Crippen molar-refractivity contribution in [2.45, 2.75) is 39.0 Å². The third kappa shape index (κ3) is 5.37. The number of carbonyl (C=O) groups excluding carboxylic acids is 1. The van der Waals surface area contributed by atoms with E-state index in [-0.39, 0.29) is 17.3 Å². The molecule has 1 aliphatic heterocycles. The first-order chi connectivity index (χ1) is 12.4. The summed E-state index contributed by atoms with van der Waals surface area (Å²) in [6.45, 7) is 9.07. The summed E-state index contributed by atoms with van der Waals surface area (Å²) in [7, 11) is 1.80. The van der Waals surface area contributed by atoms with Crippen molar-refractivity contribution in [3.63, 3.8) is 0 Å². The average Bonchev–Trinajstić information content (AvgIpc) is 2.63. The number of hydrogen-bond acceptors (Lipinski definition) is 3. The maximum Gasteiger partial charge on any atom is 0.309 e. The van der Waals surface area contributed by atoms with Crippen molar-refractivity contribution in [1.82, 2.24) is 10.2 Å². The van der Waals surface area contributed by atoms with Crippen LogP contribution >= 0.6 is 11.6 Å². The number of benzene rings is 1. The third-order valence-electron chi connectivity index (χ3n) is 4.94. The van der Waals surface area contributed by atoms with Crippen molar-refractivity contribution < 1.29 is 9.53 Å². The van der Waals surface area contributed by atoms with Gasteiger partial charge in [0, 0.05) is 37.1 Å². The van der Waals surface area contributed by atoms with Crippen molar-refractivity contribution in [1.29, 1.82) is 0 Å². The summed E-state index contributed by atoms with van der Waals surface area (Å²) < 4.78 is 5.14. The highest BCUT2D eigenvalue weighted by molar-refractivity contribution is 6.30. The molecule has 144 valence electrons. The van der Waals surface area contributed by atoms with Crippen molar-refractivity contribution in [2.75, 3.05) is 33.3 Å². The highest BCUT2D eigenvalue weighted by atomic mass is 35.5. The predicted octanol–water partition coefficient (Wildman–Crippen LogP) is 3.47. The van der Waals surface area contributed by atoms with Crippen LogP contribution in [0.1, 0.15) is 39.2 Å². The molecule has 0 saturated carbocycles. The topological polar surface area (TPSA) is 53.9 Å². The first kappa shape index (κ1) is 20.6. The van der Waals surface area contributed by atoms with Gasteiger partial charge in [-0.05, 0) is 37.5 Å². The van der Waals surface area contributed by atoms with Crippen LogP contribution < -0.4 is 5.32 Å². The Balaban J connectivity index is 1.90. The third-order valence-corrected chi connectivity index (χ3v) is 5.19. The molecule has 0 radical (unpaired) electrons. The number of piperidine rings is 1. The van der Waals surface area contributed by atoms with E-state index in [0.717, 1.165) is 43.5 Å². The molecule has 1 N–H and O–H groups in total. The molecule has 1 aromatic rings. The van der Waals surface area contributed by atoms with E-state index in [0.29, 0.717) is 6.61 Å². The normalized spacial score (nSPS) is 16.5. The van der Waals surface area contributed by atoms with Gasteiger partial charge in [-0.3, -0.25) is 9.79 Å². The van der Waals surface area contributed by atoms with Crippen LogP contribution in [0.15, 0.2) is 29.3 Å². The van der Waals surface area contributed by atoms with Crippen LogP contribution in [0.25, 0.3) is 0 Å². The van der Waals surface area contributed by atoms with E-state index in [9.17, 15) is 4.79 Å². The Bertz CT molecular complexity index is 620. The van der Waals surface area contributed by atoms with Crippen molar-refractivity contribution in [2.24, 2.45) is 10.9 Å². The van der Waals surface area contributed by atoms with Crippen LogP contribution in [0.3, 0.4) is 0 Å². The first-order valence-corrected chi connectivity index (χ1v) is 9.63. The van der Waals surface area contributed by atoms with Gasteiger partial charge in [0.1, 0.15) is 0 Å². The second-order valence-electron chi connectivity index (χ2n) is 7.30. The molecule has 0 atom stereocenters. The summed E-state index contributed by atoms with van der Waals surface area (Å²) in [6, 6.07) is 7.98. The quantitative estimate of drug-likeness (QED) is 0.483. The lowest BCUT2D eigenvalue weighted by molar-refractivity contribution is -0.149. The first-order valence-electron chi connectivity index (χ1n) is 9.25. The van der Waals surface area contributed by atoms with Crippen molar-refractivity contribution >= 4 is 23.5 Å². The minimum atomic E-state index is -0.0704. The molecular formula is C20H30ClN3O2. The van der Waals surface area contributed by atoms with Crippen LogP contribution in [0.2, 0.25) is 5.02 Å². The van der Waals surface area contributed by atoms with Gasteiger partial charge >= 0.3 is 5.97 Å². The van der Waals surface area contributed by atoms with Gasteiger partial charge in [0.15, 0.2) is 5.96 Å². The summed E-state index contributed by atoms with van der Waals surface area (Å²) in [5.41, 5.74) is 1.18. The van der Waals surface area contributed by atoms with Crippen LogP contribution in [0.4, 0.5) is 0 Å². The molecule has 1 aromatic carbocycles. The minimum Gasteiger partial charge on any atom is -0.466 e. The summed E-state index contributed by atoms with van der Waals surface area (Å²) >= 11 is 5.99. The zero-order valence-electron chi connectivity index (χ0n) is 16.2. The van der Waals surface area contributed by atoms with Gasteiger partial charge in [-0.25, -0.2) is 0 Å². The number of guanidine groups is 1. The maximum absolute atomic E-state index is 11.9. The molecule has 0 aliphatic carbocycles. The van der Waals surface area contributed by atoms with Crippen molar-refractivity contribution in [3.8, 4) is 0 Å². The zero-order chi connectivity index (χ0) is 19.2. The van der Waals surface area contributed by atoms with Gasteiger partial charge in [0.05, 0.1) is 12.5 Å². The number of nitrogens with zero attached hydrogens (tertiary/aromatic N) is 2. The molecule has 0 unspecified atom stereocenters. The van der Waals surface area contributed by atoms with Crippen LogP contribution in [0.5, 0.6) is 0 Å². The number of carbonyl (C=O) groups is 1. The fourth-order valence-corrected chi connectivity index (χ4v) is 3.35. The second-order valence-corrected chi connectivity index (χ2v) is 7.74. The predicted molar refractivity (Wildman–Crippen MR) is 107 cm³/mol. The molecule has 0 spiro atoms.